The molecule has 0 aromatic heterocycles. The van der Waals surface area contributed by atoms with Gasteiger partial charge in [0.15, 0.2) is 0 Å². The fraction of sp³-hybridized carbons (Fsp3) is 0.0455. The molecule has 6 nitrogen and oxygen atoms in total. The first-order valence-corrected chi connectivity index (χ1v) is 8.68. The maximum Gasteiger partial charge on any atom is 0.335 e. The molecule has 0 saturated carbocycles. The van der Waals surface area contributed by atoms with Crippen LogP contribution in [0.15, 0.2) is 72.8 Å². The first kappa shape index (κ1) is 17.5. The van der Waals surface area contributed by atoms with Crippen LogP contribution in [0, 0.1) is 0 Å². The van der Waals surface area contributed by atoms with Crippen LogP contribution in [0.1, 0.15) is 36.6 Å². The Morgan fingerprint density at radius 2 is 1.39 bits per heavy atom. The SMILES string of the molecule is O=C(O)c1ccc(CNc2ccc(N3C(=O)c4ccccc4C3=O)cc2)cc1. The van der Waals surface area contributed by atoms with Crippen LogP contribution in [0.5, 0.6) is 0 Å². The fourth-order valence-electron chi connectivity index (χ4n) is 3.12. The van der Waals surface area contributed by atoms with Gasteiger partial charge in [0.1, 0.15) is 0 Å². The van der Waals surface area contributed by atoms with E-state index in [9.17, 15) is 14.4 Å². The summed E-state index contributed by atoms with van der Waals surface area (Å²) < 4.78 is 0. The van der Waals surface area contributed by atoms with Gasteiger partial charge in [-0.3, -0.25) is 9.59 Å². The number of imide groups is 1. The van der Waals surface area contributed by atoms with Gasteiger partial charge in [-0.1, -0.05) is 24.3 Å². The van der Waals surface area contributed by atoms with Crippen LogP contribution in [0.3, 0.4) is 0 Å². The molecule has 2 amide bonds. The maximum absolute atomic E-state index is 12.5. The van der Waals surface area contributed by atoms with Crippen molar-refractivity contribution in [3.8, 4) is 0 Å². The Bertz CT molecular complexity index is 1040. The average molecular weight is 372 g/mol. The quantitative estimate of drug-likeness (QED) is 0.665. The highest BCUT2D eigenvalue weighted by molar-refractivity contribution is 6.34. The molecule has 28 heavy (non-hydrogen) atoms. The lowest BCUT2D eigenvalue weighted by Crippen LogP contribution is -2.29. The van der Waals surface area contributed by atoms with E-state index in [-0.39, 0.29) is 17.4 Å². The molecule has 0 radical (unpaired) electrons. The molecule has 3 aromatic carbocycles. The van der Waals surface area contributed by atoms with Crippen molar-refractivity contribution >= 4 is 29.2 Å². The summed E-state index contributed by atoms with van der Waals surface area (Å²) in [4.78, 5) is 37.1. The zero-order valence-corrected chi connectivity index (χ0v) is 14.8. The smallest absolute Gasteiger partial charge is 0.335 e. The highest BCUT2D eigenvalue weighted by Crippen LogP contribution is 2.29. The summed E-state index contributed by atoms with van der Waals surface area (Å²) in [7, 11) is 0. The third-order valence-electron chi connectivity index (χ3n) is 4.62. The molecule has 138 valence electrons. The zero-order chi connectivity index (χ0) is 19.7. The lowest BCUT2D eigenvalue weighted by Gasteiger charge is -2.15. The Kier molecular flexibility index (Phi) is 4.37. The summed E-state index contributed by atoms with van der Waals surface area (Å²) in [5, 5.41) is 12.2. The summed E-state index contributed by atoms with van der Waals surface area (Å²) in [6.45, 7) is 0.520. The van der Waals surface area contributed by atoms with Crippen molar-refractivity contribution in [3.63, 3.8) is 0 Å². The normalized spacial score (nSPS) is 12.8. The number of hydrogen-bond acceptors (Lipinski definition) is 4. The summed E-state index contributed by atoms with van der Waals surface area (Å²) in [6.07, 6.45) is 0. The molecular formula is C22H16N2O4. The number of anilines is 2. The van der Waals surface area contributed by atoms with Crippen molar-refractivity contribution in [1.82, 2.24) is 0 Å². The van der Waals surface area contributed by atoms with Gasteiger partial charge in [0.25, 0.3) is 11.8 Å². The number of nitrogens with one attached hydrogen (secondary N) is 1. The number of amides is 2. The van der Waals surface area contributed by atoms with E-state index in [1.54, 1.807) is 72.8 Å². The molecule has 1 aliphatic heterocycles. The Morgan fingerprint density at radius 1 is 0.821 bits per heavy atom. The number of carbonyl (C=O) groups is 3. The van der Waals surface area contributed by atoms with Crippen LogP contribution in [0.2, 0.25) is 0 Å². The number of carboxylic acids is 1. The molecule has 0 saturated heterocycles. The second-order valence-corrected chi connectivity index (χ2v) is 6.39. The molecule has 1 heterocycles. The number of hydrogen-bond donors (Lipinski definition) is 2. The van der Waals surface area contributed by atoms with Crippen LogP contribution in [-0.4, -0.2) is 22.9 Å². The van der Waals surface area contributed by atoms with E-state index >= 15 is 0 Å². The molecule has 0 atom stereocenters. The third-order valence-corrected chi connectivity index (χ3v) is 4.62. The number of benzene rings is 3. The van der Waals surface area contributed by atoms with Crippen LogP contribution < -0.4 is 10.2 Å². The van der Waals surface area contributed by atoms with E-state index in [0.29, 0.717) is 23.4 Å². The van der Waals surface area contributed by atoms with Gasteiger partial charge in [0.2, 0.25) is 0 Å². The second kappa shape index (κ2) is 7.00. The van der Waals surface area contributed by atoms with Gasteiger partial charge < -0.3 is 10.4 Å². The molecular weight excluding hydrogens is 356 g/mol. The van der Waals surface area contributed by atoms with Crippen LogP contribution in [-0.2, 0) is 6.54 Å². The fourth-order valence-corrected chi connectivity index (χ4v) is 3.12. The zero-order valence-electron chi connectivity index (χ0n) is 14.8. The van der Waals surface area contributed by atoms with Gasteiger partial charge in [-0.2, -0.15) is 0 Å². The van der Waals surface area contributed by atoms with E-state index in [2.05, 4.69) is 5.32 Å². The van der Waals surface area contributed by atoms with Gasteiger partial charge >= 0.3 is 5.97 Å². The standard InChI is InChI=1S/C22H16N2O4/c25-20-18-3-1-2-4-19(18)21(26)24(20)17-11-9-16(10-12-17)23-13-14-5-7-15(8-6-14)22(27)28/h1-12,23H,13H2,(H,27,28). The average Bonchev–Trinajstić information content (AvgIpc) is 2.98. The molecule has 1 aliphatic rings. The summed E-state index contributed by atoms with van der Waals surface area (Å²) in [6, 6.07) is 20.4. The van der Waals surface area contributed by atoms with Gasteiger partial charge in [-0.15, -0.1) is 0 Å². The molecule has 0 fully saturated rings. The number of carboxylic acid groups (broad SMARTS) is 1. The lowest BCUT2D eigenvalue weighted by molar-refractivity contribution is 0.0696. The highest BCUT2D eigenvalue weighted by Gasteiger charge is 2.36. The molecule has 0 aliphatic carbocycles. The van der Waals surface area contributed by atoms with Crippen LogP contribution in [0.4, 0.5) is 11.4 Å². The van der Waals surface area contributed by atoms with Crippen molar-refractivity contribution in [1.29, 1.82) is 0 Å². The highest BCUT2D eigenvalue weighted by atomic mass is 16.4. The predicted molar refractivity (Wildman–Crippen MR) is 105 cm³/mol. The van der Waals surface area contributed by atoms with Crippen molar-refractivity contribution in [2.24, 2.45) is 0 Å². The van der Waals surface area contributed by atoms with Gasteiger partial charge in [-0.25, -0.2) is 9.69 Å². The van der Waals surface area contributed by atoms with Crippen molar-refractivity contribution in [3.05, 3.63) is 95.1 Å². The Balaban J connectivity index is 1.45. The summed E-state index contributed by atoms with van der Waals surface area (Å²) >= 11 is 0. The second-order valence-electron chi connectivity index (χ2n) is 6.39. The minimum Gasteiger partial charge on any atom is -0.478 e. The van der Waals surface area contributed by atoms with Crippen LogP contribution in [0.25, 0.3) is 0 Å². The third kappa shape index (κ3) is 3.12. The topological polar surface area (TPSA) is 86.7 Å². The van der Waals surface area contributed by atoms with Crippen LogP contribution >= 0.6 is 0 Å². The van der Waals surface area contributed by atoms with E-state index in [4.69, 9.17) is 5.11 Å². The van der Waals surface area contributed by atoms with E-state index in [1.165, 1.54) is 4.90 Å². The van der Waals surface area contributed by atoms with Gasteiger partial charge in [0.05, 0.1) is 22.4 Å². The monoisotopic (exact) mass is 372 g/mol. The predicted octanol–water partition coefficient (Wildman–Crippen LogP) is 3.80. The van der Waals surface area contributed by atoms with E-state index in [0.717, 1.165) is 11.3 Å². The summed E-state index contributed by atoms with van der Waals surface area (Å²) in [5.74, 6) is -1.59. The number of rotatable bonds is 5. The number of aromatic carboxylic acids is 1. The largest absolute Gasteiger partial charge is 0.478 e. The molecule has 3 aromatic rings. The van der Waals surface area contributed by atoms with Crippen molar-refractivity contribution in [2.45, 2.75) is 6.54 Å². The Hall–Kier alpha value is -3.93. The van der Waals surface area contributed by atoms with E-state index < -0.39 is 5.97 Å². The minimum atomic E-state index is -0.955. The molecule has 0 spiro atoms. The molecule has 6 heteroatoms. The maximum atomic E-state index is 12.5. The first-order valence-electron chi connectivity index (χ1n) is 8.68. The Morgan fingerprint density at radius 3 is 1.93 bits per heavy atom. The Labute approximate surface area is 161 Å². The molecule has 4 rings (SSSR count). The van der Waals surface area contributed by atoms with Crippen molar-refractivity contribution in [2.75, 3.05) is 10.2 Å². The number of nitrogens with zero attached hydrogens (tertiary/aromatic N) is 1. The minimum absolute atomic E-state index is 0.244. The van der Waals surface area contributed by atoms with Gasteiger partial charge in [0, 0.05) is 12.2 Å². The number of fused-ring (bicyclic) bond motifs is 1. The molecule has 0 unspecified atom stereocenters. The van der Waals surface area contributed by atoms with Gasteiger partial charge in [-0.05, 0) is 54.1 Å². The lowest BCUT2D eigenvalue weighted by atomic mass is 10.1. The van der Waals surface area contributed by atoms with Crippen molar-refractivity contribution < 1.29 is 19.5 Å². The number of carbonyl (C=O) groups excluding carboxylic acids is 2. The summed E-state index contributed by atoms with van der Waals surface area (Å²) in [5.41, 5.74) is 3.35. The first-order chi connectivity index (χ1) is 13.5. The molecule has 0 bridgehead atoms. The molecule has 2 N–H and O–H groups in total. The van der Waals surface area contributed by atoms with E-state index in [1.807, 2.05) is 0 Å².